The summed E-state index contributed by atoms with van der Waals surface area (Å²) in [5.74, 6) is -1.58. The Bertz CT molecular complexity index is 350. The summed E-state index contributed by atoms with van der Waals surface area (Å²) in [7, 11) is 0. The van der Waals surface area contributed by atoms with Gasteiger partial charge in [-0.15, -0.1) is 6.58 Å². The Morgan fingerprint density at radius 1 is 1.12 bits per heavy atom. The number of unbranched alkanes of at least 4 members (excludes halogenated alkanes) is 3. The molecule has 17 heavy (non-hydrogen) atoms. The van der Waals surface area contributed by atoms with E-state index in [2.05, 4.69) is 11.9 Å². The lowest BCUT2D eigenvalue weighted by molar-refractivity contribution is 0.505. The average molecular weight is 239 g/mol. The Hall–Kier alpha value is -1.22. The first-order chi connectivity index (χ1) is 8.24. The van der Waals surface area contributed by atoms with Crippen molar-refractivity contribution in [1.82, 2.24) is 5.32 Å². The van der Waals surface area contributed by atoms with Crippen LogP contribution in [0.1, 0.15) is 31.2 Å². The molecule has 0 aliphatic rings. The zero-order valence-electron chi connectivity index (χ0n) is 10.0. The Morgan fingerprint density at radius 2 is 1.94 bits per heavy atom. The van der Waals surface area contributed by atoms with Crippen LogP contribution in [0.4, 0.5) is 8.78 Å². The number of hydrogen-bond acceptors (Lipinski definition) is 1. The molecule has 1 rings (SSSR count). The highest BCUT2D eigenvalue weighted by Crippen LogP contribution is 2.08. The Morgan fingerprint density at radius 3 is 2.65 bits per heavy atom. The van der Waals surface area contributed by atoms with E-state index in [1.165, 1.54) is 6.07 Å². The molecule has 0 spiro atoms. The number of hydrogen-bond donors (Lipinski definition) is 1. The summed E-state index contributed by atoms with van der Waals surface area (Å²) in [6.45, 7) is 5.15. The van der Waals surface area contributed by atoms with Gasteiger partial charge in [-0.25, -0.2) is 8.78 Å². The van der Waals surface area contributed by atoms with Gasteiger partial charge in [0.05, 0.1) is 0 Å². The molecule has 0 saturated heterocycles. The smallest absolute Gasteiger partial charge is 0.159 e. The van der Waals surface area contributed by atoms with Gasteiger partial charge in [0.25, 0.3) is 0 Å². The zero-order chi connectivity index (χ0) is 12.5. The summed E-state index contributed by atoms with van der Waals surface area (Å²) in [6, 6.07) is 4.00. The summed E-state index contributed by atoms with van der Waals surface area (Å²) in [5.41, 5.74) is 0.773. The molecule has 0 unspecified atom stereocenters. The predicted octanol–water partition coefficient (Wildman–Crippen LogP) is 3.80. The highest BCUT2D eigenvalue weighted by atomic mass is 19.2. The standard InChI is InChI=1S/C14H19F2N/c1-2-3-4-5-6-9-17-11-12-7-8-13(15)14(16)10-12/h2,7-8,10,17H,1,3-6,9,11H2. The zero-order valence-corrected chi connectivity index (χ0v) is 10.0. The minimum absolute atomic E-state index is 0.582. The summed E-state index contributed by atoms with van der Waals surface area (Å²) in [5, 5.41) is 3.21. The first-order valence-electron chi connectivity index (χ1n) is 5.99. The van der Waals surface area contributed by atoms with E-state index >= 15 is 0 Å². The minimum atomic E-state index is -0.793. The van der Waals surface area contributed by atoms with E-state index in [0.29, 0.717) is 6.54 Å². The lowest BCUT2D eigenvalue weighted by Gasteiger charge is -2.05. The van der Waals surface area contributed by atoms with Gasteiger partial charge in [0.1, 0.15) is 0 Å². The van der Waals surface area contributed by atoms with E-state index in [1.807, 2.05) is 6.08 Å². The Labute approximate surface area is 102 Å². The molecule has 0 atom stereocenters. The summed E-state index contributed by atoms with van der Waals surface area (Å²) in [4.78, 5) is 0. The molecular formula is C14H19F2N. The van der Waals surface area contributed by atoms with Gasteiger partial charge < -0.3 is 5.32 Å². The first-order valence-corrected chi connectivity index (χ1v) is 5.99. The number of benzene rings is 1. The maximum absolute atomic E-state index is 12.9. The molecule has 1 N–H and O–H groups in total. The number of allylic oxidation sites excluding steroid dienone is 1. The molecule has 3 heteroatoms. The van der Waals surface area contributed by atoms with Crippen LogP contribution >= 0.6 is 0 Å². The number of rotatable bonds is 8. The Kier molecular flexibility index (Phi) is 6.48. The SMILES string of the molecule is C=CCCCCCNCc1ccc(F)c(F)c1. The van der Waals surface area contributed by atoms with Crippen LogP contribution in [-0.4, -0.2) is 6.54 Å². The highest BCUT2D eigenvalue weighted by molar-refractivity contribution is 5.17. The molecule has 0 fully saturated rings. The van der Waals surface area contributed by atoms with Gasteiger partial charge in [0.15, 0.2) is 11.6 Å². The quantitative estimate of drug-likeness (QED) is 0.537. The third kappa shape index (κ3) is 5.59. The van der Waals surface area contributed by atoms with Crippen molar-refractivity contribution in [3.63, 3.8) is 0 Å². The molecule has 0 saturated carbocycles. The topological polar surface area (TPSA) is 12.0 Å². The van der Waals surface area contributed by atoms with E-state index in [9.17, 15) is 8.78 Å². The fourth-order valence-electron chi connectivity index (χ4n) is 1.60. The molecule has 1 aromatic carbocycles. The molecular weight excluding hydrogens is 220 g/mol. The predicted molar refractivity (Wildman–Crippen MR) is 66.7 cm³/mol. The molecule has 94 valence electrons. The molecule has 0 aliphatic heterocycles. The van der Waals surface area contributed by atoms with Crippen LogP contribution < -0.4 is 5.32 Å². The number of halogens is 2. The van der Waals surface area contributed by atoms with Gasteiger partial charge >= 0.3 is 0 Å². The van der Waals surface area contributed by atoms with Crippen molar-refractivity contribution >= 4 is 0 Å². The van der Waals surface area contributed by atoms with Crippen LogP contribution in [0.15, 0.2) is 30.9 Å². The lowest BCUT2D eigenvalue weighted by atomic mass is 10.2. The van der Waals surface area contributed by atoms with Crippen LogP contribution in [-0.2, 0) is 6.54 Å². The molecule has 0 radical (unpaired) electrons. The fourth-order valence-corrected chi connectivity index (χ4v) is 1.60. The van der Waals surface area contributed by atoms with Crippen molar-refractivity contribution in [1.29, 1.82) is 0 Å². The molecule has 1 nitrogen and oxygen atoms in total. The molecule has 0 heterocycles. The fraction of sp³-hybridized carbons (Fsp3) is 0.429. The third-order valence-electron chi connectivity index (χ3n) is 2.57. The summed E-state index contributed by atoms with van der Waals surface area (Å²) >= 11 is 0. The van der Waals surface area contributed by atoms with Crippen LogP contribution in [0.25, 0.3) is 0 Å². The monoisotopic (exact) mass is 239 g/mol. The van der Waals surface area contributed by atoms with Crippen molar-refractivity contribution in [3.05, 3.63) is 48.1 Å². The summed E-state index contributed by atoms with van der Waals surface area (Å²) in [6.07, 6.45) is 6.41. The summed E-state index contributed by atoms with van der Waals surface area (Å²) < 4.78 is 25.5. The maximum atomic E-state index is 12.9. The van der Waals surface area contributed by atoms with Gasteiger partial charge in [-0.05, 0) is 43.5 Å². The van der Waals surface area contributed by atoms with Crippen LogP contribution in [0, 0.1) is 11.6 Å². The highest BCUT2D eigenvalue weighted by Gasteiger charge is 2.01. The lowest BCUT2D eigenvalue weighted by Crippen LogP contribution is -2.14. The van der Waals surface area contributed by atoms with E-state index in [-0.39, 0.29) is 0 Å². The Balaban J connectivity index is 2.13. The van der Waals surface area contributed by atoms with Gasteiger partial charge in [-0.1, -0.05) is 18.6 Å². The van der Waals surface area contributed by atoms with E-state index in [0.717, 1.165) is 43.9 Å². The number of nitrogens with one attached hydrogen (secondary N) is 1. The second-order valence-electron chi connectivity index (χ2n) is 4.06. The normalized spacial score (nSPS) is 10.5. The second-order valence-corrected chi connectivity index (χ2v) is 4.06. The molecule has 0 bridgehead atoms. The first kappa shape index (κ1) is 13.8. The average Bonchev–Trinajstić information content (AvgIpc) is 2.32. The van der Waals surface area contributed by atoms with Gasteiger partial charge in [0, 0.05) is 6.54 Å². The molecule has 0 amide bonds. The van der Waals surface area contributed by atoms with Crippen LogP contribution in [0.2, 0.25) is 0 Å². The minimum Gasteiger partial charge on any atom is -0.313 e. The van der Waals surface area contributed by atoms with Gasteiger partial charge in [0.2, 0.25) is 0 Å². The van der Waals surface area contributed by atoms with Gasteiger partial charge in [-0.2, -0.15) is 0 Å². The van der Waals surface area contributed by atoms with Crippen molar-refractivity contribution in [2.45, 2.75) is 32.2 Å². The molecule has 0 aromatic heterocycles. The van der Waals surface area contributed by atoms with Crippen molar-refractivity contribution in [3.8, 4) is 0 Å². The molecule has 1 aromatic rings. The van der Waals surface area contributed by atoms with Crippen molar-refractivity contribution in [2.24, 2.45) is 0 Å². The van der Waals surface area contributed by atoms with Crippen molar-refractivity contribution in [2.75, 3.05) is 6.54 Å². The second kappa shape index (κ2) is 7.96. The largest absolute Gasteiger partial charge is 0.313 e. The van der Waals surface area contributed by atoms with E-state index < -0.39 is 11.6 Å². The molecule has 0 aliphatic carbocycles. The van der Waals surface area contributed by atoms with E-state index in [4.69, 9.17) is 0 Å². The maximum Gasteiger partial charge on any atom is 0.159 e. The van der Waals surface area contributed by atoms with E-state index in [1.54, 1.807) is 6.07 Å². The third-order valence-corrected chi connectivity index (χ3v) is 2.57. The van der Waals surface area contributed by atoms with Crippen LogP contribution in [0.5, 0.6) is 0 Å². The van der Waals surface area contributed by atoms with Crippen molar-refractivity contribution < 1.29 is 8.78 Å². The van der Waals surface area contributed by atoms with Crippen LogP contribution in [0.3, 0.4) is 0 Å². The van der Waals surface area contributed by atoms with Gasteiger partial charge in [-0.3, -0.25) is 0 Å².